The van der Waals surface area contributed by atoms with E-state index in [2.05, 4.69) is 10.3 Å². The maximum absolute atomic E-state index is 11.6. The third-order valence-corrected chi connectivity index (χ3v) is 2.27. The van der Waals surface area contributed by atoms with Crippen molar-refractivity contribution in [3.05, 3.63) is 36.0 Å². The number of carbonyl (C=O) groups excluding carboxylic acids is 2. The summed E-state index contributed by atoms with van der Waals surface area (Å²) in [6.07, 6.45) is 3.17. The number of nitrogens with zero attached hydrogens (tertiary/aromatic N) is 1. The molecule has 0 aliphatic carbocycles. The lowest BCUT2D eigenvalue weighted by Crippen LogP contribution is -2.16. The van der Waals surface area contributed by atoms with Gasteiger partial charge in [-0.2, -0.15) is 0 Å². The second kappa shape index (κ2) is 5.31. The van der Waals surface area contributed by atoms with E-state index in [1.165, 1.54) is 0 Å². The average molecular weight is 248 g/mol. The second-order valence-electron chi connectivity index (χ2n) is 3.50. The van der Waals surface area contributed by atoms with Gasteiger partial charge in [-0.1, -0.05) is 0 Å². The zero-order valence-corrected chi connectivity index (χ0v) is 9.80. The van der Waals surface area contributed by atoms with E-state index in [1.807, 2.05) is 0 Å². The van der Waals surface area contributed by atoms with Crippen LogP contribution >= 0.6 is 0 Å². The lowest BCUT2D eigenvalue weighted by Gasteiger charge is -2.07. The number of hydrogen-bond acceptors (Lipinski definition) is 6. The Morgan fingerprint density at radius 3 is 2.89 bits per heavy atom. The molecule has 6 nitrogen and oxygen atoms in total. The van der Waals surface area contributed by atoms with Crippen LogP contribution in [0.15, 0.2) is 36.0 Å². The van der Waals surface area contributed by atoms with Crippen molar-refractivity contribution in [2.24, 2.45) is 0 Å². The van der Waals surface area contributed by atoms with Gasteiger partial charge < -0.3 is 14.8 Å². The van der Waals surface area contributed by atoms with Gasteiger partial charge in [0, 0.05) is 18.1 Å². The molecule has 6 heteroatoms. The van der Waals surface area contributed by atoms with Crippen LogP contribution in [0.2, 0.25) is 0 Å². The molecule has 0 aromatic carbocycles. The highest BCUT2D eigenvalue weighted by Gasteiger charge is 2.32. The quantitative estimate of drug-likeness (QED) is 0.629. The molecule has 0 saturated heterocycles. The number of ketones is 1. The molecular weight excluding hydrogens is 236 g/mol. The lowest BCUT2D eigenvalue weighted by molar-refractivity contribution is -0.139. The van der Waals surface area contributed by atoms with Gasteiger partial charge in [-0.25, -0.2) is 4.79 Å². The predicted molar refractivity (Wildman–Crippen MR) is 62.5 cm³/mol. The highest BCUT2D eigenvalue weighted by Crippen LogP contribution is 2.20. The van der Waals surface area contributed by atoms with E-state index >= 15 is 0 Å². The molecule has 0 saturated carbocycles. The van der Waals surface area contributed by atoms with Crippen LogP contribution in [0, 0.1) is 0 Å². The summed E-state index contributed by atoms with van der Waals surface area (Å²) in [6, 6.07) is 3.39. The minimum absolute atomic E-state index is 0.0753. The van der Waals surface area contributed by atoms with Gasteiger partial charge in [0.25, 0.3) is 0 Å². The first-order chi connectivity index (χ1) is 8.72. The van der Waals surface area contributed by atoms with Crippen LogP contribution < -0.4 is 5.32 Å². The van der Waals surface area contributed by atoms with Gasteiger partial charge in [0.2, 0.25) is 11.7 Å². The summed E-state index contributed by atoms with van der Waals surface area (Å²) in [5, 5.41) is 2.86. The number of ether oxygens (including phenoxy) is 2. The standard InChI is InChI=1S/C12H12N2O4/c1-2-17-12(16)10-9(15)7-18-11(10)14-8-3-5-13-6-4-8/h3-6H,2,7H2,1H3,(H,13,14). The van der Waals surface area contributed by atoms with Gasteiger partial charge in [0.05, 0.1) is 6.61 Å². The van der Waals surface area contributed by atoms with Crippen LogP contribution in [0.3, 0.4) is 0 Å². The molecule has 1 aliphatic rings. The second-order valence-corrected chi connectivity index (χ2v) is 3.50. The number of esters is 1. The minimum atomic E-state index is -0.670. The monoisotopic (exact) mass is 248 g/mol. The molecule has 1 aromatic heterocycles. The number of anilines is 1. The number of aromatic nitrogens is 1. The highest BCUT2D eigenvalue weighted by molar-refractivity contribution is 6.19. The fraction of sp³-hybridized carbons (Fsp3) is 0.250. The minimum Gasteiger partial charge on any atom is -0.470 e. The van der Waals surface area contributed by atoms with Crippen LogP contribution in [0.4, 0.5) is 5.69 Å². The molecule has 1 aliphatic heterocycles. The Morgan fingerprint density at radius 2 is 2.22 bits per heavy atom. The molecule has 0 atom stereocenters. The fourth-order valence-electron chi connectivity index (χ4n) is 1.48. The zero-order valence-electron chi connectivity index (χ0n) is 9.80. The van der Waals surface area contributed by atoms with Crippen molar-refractivity contribution < 1.29 is 19.1 Å². The van der Waals surface area contributed by atoms with Crippen LogP contribution in [0.25, 0.3) is 0 Å². The third-order valence-electron chi connectivity index (χ3n) is 2.27. The van der Waals surface area contributed by atoms with E-state index in [1.54, 1.807) is 31.5 Å². The van der Waals surface area contributed by atoms with Gasteiger partial charge in [-0.3, -0.25) is 9.78 Å². The molecule has 2 heterocycles. The Bertz CT molecular complexity index is 496. The van der Waals surface area contributed by atoms with E-state index < -0.39 is 5.97 Å². The summed E-state index contributed by atoms with van der Waals surface area (Å²) in [7, 11) is 0. The topological polar surface area (TPSA) is 77.5 Å². The first kappa shape index (κ1) is 12.1. The summed E-state index contributed by atoms with van der Waals surface area (Å²) in [5.74, 6) is -0.925. The van der Waals surface area contributed by atoms with E-state index in [-0.39, 0.29) is 30.5 Å². The van der Waals surface area contributed by atoms with Gasteiger partial charge in [0.15, 0.2) is 12.2 Å². The van der Waals surface area contributed by atoms with Crippen molar-refractivity contribution in [3.63, 3.8) is 0 Å². The smallest absolute Gasteiger partial charge is 0.347 e. The third kappa shape index (κ3) is 2.48. The van der Waals surface area contributed by atoms with E-state index in [0.29, 0.717) is 5.69 Å². The maximum Gasteiger partial charge on any atom is 0.347 e. The molecule has 18 heavy (non-hydrogen) atoms. The fourth-order valence-corrected chi connectivity index (χ4v) is 1.48. The SMILES string of the molecule is CCOC(=O)C1=C(Nc2ccncc2)OCC1=O. The molecule has 2 rings (SSSR count). The normalized spacial score (nSPS) is 14.4. The van der Waals surface area contributed by atoms with Crippen LogP contribution in [-0.2, 0) is 19.1 Å². The number of rotatable bonds is 4. The summed E-state index contributed by atoms with van der Waals surface area (Å²) < 4.78 is 9.96. The van der Waals surface area contributed by atoms with Crippen molar-refractivity contribution in [2.45, 2.75) is 6.92 Å². The molecular formula is C12H12N2O4. The zero-order chi connectivity index (χ0) is 13.0. The van der Waals surface area contributed by atoms with Crippen molar-refractivity contribution in [1.82, 2.24) is 4.98 Å². The molecule has 0 spiro atoms. The van der Waals surface area contributed by atoms with Crippen molar-refractivity contribution >= 4 is 17.4 Å². The van der Waals surface area contributed by atoms with E-state index in [0.717, 1.165) is 0 Å². The van der Waals surface area contributed by atoms with Gasteiger partial charge in [0.1, 0.15) is 0 Å². The molecule has 0 fully saturated rings. The summed E-state index contributed by atoms with van der Waals surface area (Å²) in [4.78, 5) is 27.0. The van der Waals surface area contributed by atoms with Crippen LogP contribution in [0.1, 0.15) is 6.92 Å². The molecule has 1 aromatic rings. The van der Waals surface area contributed by atoms with Gasteiger partial charge >= 0.3 is 5.97 Å². The lowest BCUT2D eigenvalue weighted by atomic mass is 10.2. The molecule has 94 valence electrons. The largest absolute Gasteiger partial charge is 0.470 e. The maximum atomic E-state index is 11.6. The first-order valence-electron chi connectivity index (χ1n) is 5.46. The molecule has 0 unspecified atom stereocenters. The Kier molecular flexibility index (Phi) is 3.57. The number of Topliss-reactive ketones (excluding diaryl/α,β-unsaturated/α-hetero) is 1. The Balaban J connectivity index is 2.23. The summed E-state index contributed by atoms with van der Waals surface area (Å²) >= 11 is 0. The van der Waals surface area contributed by atoms with Crippen molar-refractivity contribution in [1.29, 1.82) is 0 Å². The van der Waals surface area contributed by atoms with E-state index in [9.17, 15) is 9.59 Å². The van der Waals surface area contributed by atoms with Crippen LogP contribution in [0.5, 0.6) is 0 Å². The molecule has 0 bridgehead atoms. The Hall–Kier alpha value is -2.37. The number of carbonyl (C=O) groups is 2. The van der Waals surface area contributed by atoms with Crippen LogP contribution in [-0.4, -0.2) is 30.0 Å². The Morgan fingerprint density at radius 1 is 1.50 bits per heavy atom. The molecule has 1 N–H and O–H groups in total. The predicted octanol–water partition coefficient (Wildman–Crippen LogP) is 0.867. The van der Waals surface area contributed by atoms with Crippen molar-refractivity contribution in [3.8, 4) is 0 Å². The molecule has 0 amide bonds. The summed E-state index contributed by atoms with van der Waals surface area (Å²) in [6.45, 7) is 1.73. The average Bonchev–Trinajstić information content (AvgIpc) is 2.72. The molecule has 0 radical (unpaired) electrons. The van der Waals surface area contributed by atoms with E-state index in [4.69, 9.17) is 9.47 Å². The number of hydrogen-bond donors (Lipinski definition) is 1. The highest BCUT2D eigenvalue weighted by atomic mass is 16.5. The number of pyridine rings is 1. The van der Waals surface area contributed by atoms with Crippen molar-refractivity contribution in [2.75, 3.05) is 18.5 Å². The Labute approximate surface area is 104 Å². The first-order valence-corrected chi connectivity index (χ1v) is 5.46. The number of nitrogens with one attached hydrogen (secondary N) is 1. The van der Waals surface area contributed by atoms with Gasteiger partial charge in [-0.05, 0) is 19.1 Å². The van der Waals surface area contributed by atoms with Gasteiger partial charge in [-0.15, -0.1) is 0 Å². The summed E-state index contributed by atoms with van der Waals surface area (Å²) in [5.41, 5.74) is 0.602.